The number of nitrogens with zero attached hydrogens (tertiary/aromatic N) is 3. The normalized spacial score (nSPS) is 23.8. The summed E-state index contributed by atoms with van der Waals surface area (Å²) in [4.78, 5) is 20.9. The first-order valence-electron chi connectivity index (χ1n) is 8.32. The van der Waals surface area contributed by atoms with Crippen molar-refractivity contribution in [3.05, 3.63) is 11.1 Å². The molecule has 1 aromatic rings. The third-order valence-corrected chi connectivity index (χ3v) is 5.81. The molecule has 7 heteroatoms. The minimum Gasteiger partial charge on any atom is -0.480 e. The van der Waals surface area contributed by atoms with Gasteiger partial charge in [-0.25, -0.2) is 4.98 Å². The van der Waals surface area contributed by atoms with Crippen molar-refractivity contribution in [3.8, 4) is 0 Å². The fraction of sp³-hybridized carbons (Fsp3) is 0.750. The lowest BCUT2D eigenvalue weighted by molar-refractivity contribution is -0.139. The van der Waals surface area contributed by atoms with Gasteiger partial charge in [-0.15, -0.1) is 11.3 Å². The molecule has 128 valence electrons. The van der Waals surface area contributed by atoms with Gasteiger partial charge in [0.1, 0.15) is 0 Å². The van der Waals surface area contributed by atoms with Crippen LogP contribution in [-0.4, -0.2) is 60.2 Å². The van der Waals surface area contributed by atoms with Crippen LogP contribution in [-0.2, 0) is 11.3 Å². The van der Waals surface area contributed by atoms with Crippen LogP contribution in [0.2, 0.25) is 0 Å². The molecule has 0 radical (unpaired) electrons. The highest BCUT2D eigenvalue weighted by Gasteiger charge is 2.36. The van der Waals surface area contributed by atoms with Crippen LogP contribution in [0, 0.1) is 5.92 Å². The summed E-state index contributed by atoms with van der Waals surface area (Å²) in [6.07, 6.45) is 6.58. The first kappa shape index (κ1) is 16.7. The van der Waals surface area contributed by atoms with E-state index in [9.17, 15) is 4.79 Å². The summed E-state index contributed by atoms with van der Waals surface area (Å²) in [6.45, 7) is 2.00. The van der Waals surface area contributed by atoms with Gasteiger partial charge in [0, 0.05) is 50.3 Å². The molecule has 2 aliphatic rings. The Kier molecular flexibility index (Phi) is 5.18. The van der Waals surface area contributed by atoms with Crippen molar-refractivity contribution in [2.24, 2.45) is 5.92 Å². The first-order chi connectivity index (χ1) is 11.0. The number of nitrogens with one attached hydrogen (secondary N) is 1. The third kappa shape index (κ3) is 4.65. The number of carboxylic acid groups (broad SMARTS) is 1. The second-order valence-corrected chi connectivity index (χ2v) is 8.07. The second kappa shape index (κ2) is 7.15. The topological polar surface area (TPSA) is 68.7 Å². The molecular formula is C16H26N4O2S. The van der Waals surface area contributed by atoms with E-state index in [4.69, 9.17) is 5.11 Å². The van der Waals surface area contributed by atoms with E-state index in [1.54, 1.807) is 11.3 Å². The number of aromatic nitrogens is 1. The van der Waals surface area contributed by atoms with Crippen LogP contribution in [0.15, 0.2) is 6.20 Å². The lowest BCUT2D eigenvalue weighted by Gasteiger charge is -2.43. The lowest BCUT2D eigenvalue weighted by atomic mass is 9.85. The quantitative estimate of drug-likeness (QED) is 0.713. The van der Waals surface area contributed by atoms with Gasteiger partial charge in [-0.3, -0.25) is 9.69 Å². The van der Waals surface area contributed by atoms with E-state index in [1.807, 2.05) is 25.2 Å². The zero-order chi connectivity index (χ0) is 16.4. The maximum absolute atomic E-state index is 11.0. The van der Waals surface area contributed by atoms with Crippen LogP contribution in [0.5, 0.6) is 0 Å². The van der Waals surface area contributed by atoms with E-state index < -0.39 is 5.97 Å². The Balaban J connectivity index is 1.41. The number of hydrogen-bond acceptors (Lipinski definition) is 6. The molecule has 2 aliphatic carbocycles. The van der Waals surface area contributed by atoms with Gasteiger partial charge < -0.3 is 15.3 Å². The summed E-state index contributed by atoms with van der Waals surface area (Å²) in [5.74, 6) is 0.0333. The van der Waals surface area contributed by atoms with Crippen LogP contribution in [0.25, 0.3) is 0 Å². The Morgan fingerprint density at radius 3 is 2.74 bits per heavy atom. The number of thiazole rings is 1. The zero-order valence-electron chi connectivity index (χ0n) is 13.9. The van der Waals surface area contributed by atoms with Crippen LogP contribution in [0.3, 0.4) is 0 Å². The van der Waals surface area contributed by atoms with Crippen molar-refractivity contribution >= 4 is 22.4 Å². The molecule has 2 saturated carbocycles. The molecule has 2 N–H and O–H groups in total. The van der Waals surface area contributed by atoms with E-state index >= 15 is 0 Å². The van der Waals surface area contributed by atoms with Crippen molar-refractivity contribution in [3.63, 3.8) is 0 Å². The molecule has 0 bridgehead atoms. The number of carbonyl (C=O) groups is 1. The zero-order valence-corrected chi connectivity index (χ0v) is 14.7. The number of aliphatic carboxylic acids is 1. The molecular weight excluding hydrogens is 312 g/mol. The van der Waals surface area contributed by atoms with Gasteiger partial charge in [0.2, 0.25) is 0 Å². The highest BCUT2D eigenvalue weighted by Crippen LogP contribution is 2.34. The predicted molar refractivity (Wildman–Crippen MR) is 92.0 cm³/mol. The van der Waals surface area contributed by atoms with Gasteiger partial charge in [0.05, 0.1) is 6.54 Å². The molecule has 1 heterocycles. The van der Waals surface area contributed by atoms with E-state index in [0.29, 0.717) is 12.1 Å². The van der Waals surface area contributed by atoms with Gasteiger partial charge in [-0.1, -0.05) is 0 Å². The van der Waals surface area contributed by atoms with Crippen LogP contribution >= 0.6 is 11.3 Å². The van der Waals surface area contributed by atoms with Gasteiger partial charge in [0.15, 0.2) is 5.13 Å². The number of anilines is 1. The average molecular weight is 338 g/mol. The van der Waals surface area contributed by atoms with Gasteiger partial charge in [-0.2, -0.15) is 0 Å². The van der Waals surface area contributed by atoms with Gasteiger partial charge in [-0.05, 0) is 31.6 Å². The second-order valence-electron chi connectivity index (χ2n) is 6.97. The van der Waals surface area contributed by atoms with Gasteiger partial charge >= 0.3 is 5.97 Å². The summed E-state index contributed by atoms with van der Waals surface area (Å²) in [7, 11) is 4.01. The molecule has 1 aromatic heterocycles. The largest absolute Gasteiger partial charge is 0.480 e. The van der Waals surface area contributed by atoms with Crippen molar-refractivity contribution in [2.75, 3.05) is 32.1 Å². The smallest absolute Gasteiger partial charge is 0.317 e. The van der Waals surface area contributed by atoms with Crippen molar-refractivity contribution in [1.82, 2.24) is 15.2 Å². The molecule has 2 fully saturated rings. The Morgan fingerprint density at radius 1 is 1.43 bits per heavy atom. The maximum Gasteiger partial charge on any atom is 0.317 e. The molecule has 0 aromatic carbocycles. The fourth-order valence-electron chi connectivity index (χ4n) is 3.03. The number of hydrogen-bond donors (Lipinski definition) is 2. The van der Waals surface area contributed by atoms with Crippen molar-refractivity contribution < 1.29 is 9.90 Å². The minimum atomic E-state index is -0.706. The average Bonchev–Trinajstić information content (AvgIpc) is 3.11. The van der Waals surface area contributed by atoms with E-state index in [2.05, 4.69) is 15.2 Å². The Bertz CT molecular complexity index is 538. The summed E-state index contributed by atoms with van der Waals surface area (Å²) in [6, 6.07) is 0.934. The van der Waals surface area contributed by atoms with E-state index in [0.717, 1.165) is 37.0 Å². The molecule has 0 amide bonds. The molecule has 0 unspecified atom stereocenters. The molecule has 0 atom stereocenters. The Labute approximate surface area is 141 Å². The number of carboxylic acids is 1. The number of rotatable bonds is 9. The molecule has 0 aliphatic heterocycles. The summed E-state index contributed by atoms with van der Waals surface area (Å²) in [5, 5.41) is 13.7. The Hall–Kier alpha value is -1.18. The summed E-state index contributed by atoms with van der Waals surface area (Å²) in [5.41, 5.74) is 0. The monoisotopic (exact) mass is 338 g/mol. The van der Waals surface area contributed by atoms with E-state index in [-0.39, 0.29) is 6.54 Å². The molecule has 0 saturated heterocycles. The van der Waals surface area contributed by atoms with Crippen LogP contribution in [0.1, 0.15) is 30.6 Å². The first-order valence-corrected chi connectivity index (χ1v) is 9.14. The van der Waals surface area contributed by atoms with Gasteiger partial charge in [0.25, 0.3) is 0 Å². The predicted octanol–water partition coefficient (Wildman–Crippen LogP) is 1.63. The SMILES string of the molecule is CN(C)c1ncc(CNC2CC(N(CC(=O)O)CC3CC3)C2)s1. The molecule has 3 rings (SSSR count). The fourth-order valence-corrected chi connectivity index (χ4v) is 3.82. The maximum atomic E-state index is 11.0. The molecule has 6 nitrogen and oxygen atoms in total. The van der Waals surface area contributed by atoms with Crippen molar-refractivity contribution in [2.45, 2.75) is 44.3 Å². The standard InChI is InChI=1S/C16H26N4O2S/c1-19(2)16-18-8-14(23-16)7-17-12-5-13(6-12)20(10-15(21)22)9-11-3-4-11/h8,11-13,17H,3-7,9-10H2,1-2H3,(H,21,22). The highest BCUT2D eigenvalue weighted by atomic mass is 32.1. The Morgan fingerprint density at radius 2 is 2.17 bits per heavy atom. The summed E-state index contributed by atoms with van der Waals surface area (Å²) < 4.78 is 0. The lowest BCUT2D eigenvalue weighted by Crippen LogP contribution is -2.54. The molecule has 0 spiro atoms. The van der Waals surface area contributed by atoms with E-state index in [1.165, 1.54) is 17.7 Å². The van der Waals surface area contributed by atoms with Crippen LogP contribution < -0.4 is 10.2 Å². The highest BCUT2D eigenvalue weighted by molar-refractivity contribution is 7.15. The summed E-state index contributed by atoms with van der Waals surface area (Å²) >= 11 is 1.71. The third-order valence-electron chi connectivity index (χ3n) is 4.65. The van der Waals surface area contributed by atoms with Crippen LogP contribution in [0.4, 0.5) is 5.13 Å². The van der Waals surface area contributed by atoms with Crippen molar-refractivity contribution in [1.29, 1.82) is 0 Å². The molecule has 23 heavy (non-hydrogen) atoms. The minimum absolute atomic E-state index is 0.189.